The molecule has 0 aliphatic rings. The first-order chi connectivity index (χ1) is 12.8. The summed E-state index contributed by atoms with van der Waals surface area (Å²) in [6.07, 6.45) is 1.75. The van der Waals surface area contributed by atoms with Crippen molar-refractivity contribution in [2.75, 3.05) is 0 Å². The number of rotatable bonds is 5. The second kappa shape index (κ2) is 7.45. The molecule has 0 aliphatic heterocycles. The number of carbonyl (C=O) groups is 1. The van der Waals surface area contributed by atoms with Crippen LogP contribution < -0.4 is 0 Å². The Balaban J connectivity index is 1.65. The highest BCUT2D eigenvalue weighted by atomic mass is 32.1. The lowest BCUT2D eigenvalue weighted by Gasteiger charge is -2.23. The van der Waals surface area contributed by atoms with Gasteiger partial charge in [-0.3, -0.25) is 9.78 Å². The van der Waals surface area contributed by atoms with E-state index in [9.17, 15) is 4.79 Å². The highest BCUT2D eigenvalue weighted by molar-refractivity contribution is 7.16. The molecule has 0 atom stereocenters. The van der Waals surface area contributed by atoms with E-state index in [-0.39, 0.29) is 5.91 Å². The maximum absolute atomic E-state index is 13.2. The topological polar surface area (TPSA) is 46.1 Å². The van der Waals surface area contributed by atoms with Crippen molar-refractivity contribution in [1.29, 1.82) is 0 Å². The van der Waals surface area contributed by atoms with Gasteiger partial charge in [0.2, 0.25) is 0 Å². The van der Waals surface area contributed by atoms with E-state index < -0.39 is 0 Å². The molecule has 2 aromatic carbocycles. The monoisotopic (exact) mass is 359 g/mol. The summed E-state index contributed by atoms with van der Waals surface area (Å²) in [7, 11) is 0. The summed E-state index contributed by atoms with van der Waals surface area (Å²) in [5.41, 5.74) is 5.36. The van der Waals surface area contributed by atoms with Crippen molar-refractivity contribution in [3.8, 4) is 0 Å². The molecular formula is C21H17N3OS. The average molecular weight is 359 g/mol. The van der Waals surface area contributed by atoms with Gasteiger partial charge in [-0.1, -0.05) is 36.4 Å². The smallest absolute Gasteiger partial charge is 0.254 e. The van der Waals surface area contributed by atoms with Crippen LogP contribution in [0.25, 0.3) is 10.2 Å². The Morgan fingerprint density at radius 1 is 0.923 bits per heavy atom. The van der Waals surface area contributed by atoms with Gasteiger partial charge in [-0.05, 0) is 35.9 Å². The van der Waals surface area contributed by atoms with Crippen LogP contribution >= 0.6 is 11.3 Å². The van der Waals surface area contributed by atoms with Crippen LogP contribution in [-0.2, 0) is 13.1 Å². The van der Waals surface area contributed by atoms with Gasteiger partial charge in [-0.15, -0.1) is 11.3 Å². The van der Waals surface area contributed by atoms with Gasteiger partial charge < -0.3 is 4.90 Å². The predicted molar refractivity (Wildman–Crippen MR) is 104 cm³/mol. The van der Waals surface area contributed by atoms with Crippen LogP contribution in [0.1, 0.15) is 21.6 Å². The molecule has 0 bridgehead atoms. The van der Waals surface area contributed by atoms with Gasteiger partial charge in [-0.2, -0.15) is 0 Å². The van der Waals surface area contributed by atoms with Crippen LogP contribution in [0.4, 0.5) is 0 Å². The third kappa shape index (κ3) is 3.63. The van der Waals surface area contributed by atoms with Gasteiger partial charge in [0.1, 0.15) is 0 Å². The minimum absolute atomic E-state index is 0.00481. The summed E-state index contributed by atoms with van der Waals surface area (Å²) in [4.78, 5) is 23.7. The molecule has 0 saturated heterocycles. The van der Waals surface area contributed by atoms with Crippen molar-refractivity contribution in [2.45, 2.75) is 13.1 Å². The predicted octanol–water partition coefficient (Wildman–Crippen LogP) is 4.53. The largest absolute Gasteiger partial charge is 0.328 e. The molecular weight excluding hydrogens is 342 g/mol. The number of fused-ring (bicyclic) bond motifs is 1. The van der Waals surface area contributed by atoms with Gasteiger partial charge in [0, 0.05) is 18.3 Å². The lowest BCUT2D eigenvalue weighted by Crippen LogP contribution is -2.30. The Hall–Kier alpha value is -3.05. The minimum Gasteiger partial charge on any atom is -0.328 e. The van der Waals surface area contributed by atoms with Gasteiger partial charge in [0.05, 0.1) is 28.0 Å². The SMILES string of the molecule is O=C(c1ccc2ncsc2c1)N(Cc1ccccc1)Cc1ccccn1. The number of nitrogens with zero attached hydrogens (tertiary/aromatic N) is 3. The molecule has 0 fully saturated rings. The van der Waals surface area contributed by atoms with Gasteiger partial charge in [-0.25, -0.2) is 4.98 Å². The highest BCUT2D eigenvalue weighted by Gasteiger charge is 2.18. The summed E-state index contributed by atoms with van der Waals surface area (Å²) in [6.45, 7) is 1.01. The summed E-state index contributed by atoms with van der Waals surface area (Å²) >= 11 is 1.54. The number of thiazole rings is 1. The molecule has 128 valence electrons. The quantitative estimate of drug-likeness (QED) is 0.526. The van der Waals surface area contributed by atoms with E-state index in [1.165, 1.54) is 0 Å². The molecule has 2 aromatic heterocycles. The van der Waals surface area contributed by atoms with Crippen molar-refractivity contribution >= 4 is 27.5 Å². The number of benzene rings is 2. The van der Waals surface area contributed by atoms with E-state index in [0.717, 1.165) is 21.5 Å². The molecule has 1 amide bonds. The molecule has 26 heavy (non-hydrogen) atoms. The second-order valence-electron chi connectivity index (χ2n) is 6.00. The fourth-order valence-corrected chi connectivity index (χ4v) is 3.58. The molecule has 0 unspecified atom stereocenters. The number of carbonyl (C=O) groups excluding carboxylic acids is 1. The fraction of sp³-hybridized carbons (Fsp3) is 0.0952. The second-order valence-corrected chi connectivity index (χ2v) is 6.89. The van der Waals surface area contributed by atoms with Crippen LogP contribution in [0, 0.1) is 0 Å². The van der Waals surface area contributed by atoms with Gasteiger partial charge >= 0.3 is 0 Å². The molecule has 4 aromatic rings. The Morgan fingerprint density at radius 3 is 2.58 bits per heavy atom. The number of pyridine rings is 1. The van der Waals surface area contributed by atoms with E-state index >= 15 is 0 Å². The summed E-state index contributed by atoms with van der Waals surface area (Å²) in [5.74, 6) is -0.00481. The lowest BCUT2D eigenvalue weighted by molar-refractivity contribution is 0.0728. The van der Waals surface area contributed by atoms with Crippen molar-refractivity contribution in [3.05, 3.63) is 95.3 Å². The minimum atomic E-state index is -0.00481. The molecule has 2 heterocycles. The first-order valence-corrected chi connectivity index (χ1v) is 9.24. The third-order valence-corrected chi connectivity index (χ3v) is 4.95. The van der Waals surface area contributed by atoms with E-state index in [1.54, 1.807) is 23.0 Å². The first-order valence-electron chi connectivity index (χ1n) is 8.36. The van der Waals surface area contributed by atoms with Crippen LogP contribution in [0.2, 0.25) is 0 Å². The van der Waals surface area contributed by atoms with Gasteiger partial charge in [0.15, 0.2) is 0 Å². The van der Waals surface area contributed by atoms with Crippen LogP contribution in [0.3, 0.4) is 0 Å². The van der Waals surface area contributed by atoms with Gasteiger partial charge in [0.25, 0.3) is 5.91 Å². The lowest BCUT2D eigenvalue weighted by atomic mass is 10.1. The normalized spacial score (nSPS) is 10.8. The first kappa shape index (κ1) is 16.4. The zero-order valence-corrected chi connectivity index (χ0v) is 14.9. The van der Waals surface area contributed by atoms with Crippen molar-refractivity contribution in [3.63, 3.8) is 0 Å². The standard InChI is InChI=1S/C21H17N3OS/c25-21(17-9-10-19-20(12-17)26-15-23-19)24(13-16-6-2-1-3-7-16)14-18-8-4-5-11-22-18/h1-12,15H,13-14H2. The third-order valence-electron chi connectivity index (χ3n) is 4.16. The number of hydrogen-bond acceptors (Lipinski definition) is 4. The van der Waals surface area contributed by atoms with Crippen LogP contribution in [-0.4, -0.2) is 20.8 Å². The van der Waals surface area contributed by atoms with Crippen LogP contribution in [0.5, 0.6) is 0 Å². The molecule has 0 saturated carbocycles. The zero-order valence-electron chi connectivity index (χ0n) is 14.1. The summed E-state index contributed by atoms with van der Waals surface area (Å²) in [6, 6.07) is 21.5. The maximum atomic E-state index is 13.2. The summed E-state index contributed by atoms with van der Waals surface area (Å²) in [5, 5.41) is 0. The Kier molecular flexibility index (Phi) is 4.71. The molecule has 0 aliphatic carbocycles. The van der Waals surface area contributed by atoms with Crippen molar-refractivity contribution in [1.82, 2.24) is 14.9 Å². The van der Waals surface area contributed by atoms with E-state index in [4.69, 9.17) is 0 Å². The Labute approximate surface area is 155 Å². The average Bonchev–Trinajstić information content (AvgIpc) is 3.16. The number of aromatic nitrogens is 2. The van der Waals surface area contributed by atoms with E-state index in [2.05, 4.69) is 9.97 Å². The zero-order chi connectivity index (χ0) is 17.8. The highest BCUT2D eigenvalue weighted by Crippen LogP contribution is 2.21. The van der Waals surface area contributed by atoms with E-state index in [0.29, 0.717) is 18.7 Å². The van der Waals surface area contributed by atoms with E-state index in [1.807, 2.05) is 71.6 Å². The maximum Gasteiger partial charge on any atom is 0.254 e. The molecule has 0 spiro atoms. The number of amides is 1. The van der Waals surface area contributed by atoms with Crippen molar-refractivity contribution in [2.24, 2.45) is 0 Å². The summed E-state index contributed by atoms with van der Waals surface area (Å²) < 4.78 is 1.02. The molecule has 5 heteroatoms. The number of hydrogen-bond donors (Lipinski definition) is 0. The molecule has 4 rings (SSSR count). The molecule has 0 N–H and O–H groups in total. The Bertz CT molecular complexity index is 974. The van der Waals surface area contributed by atoms with Crippen LogP contribution in [0.15, 0.2) is 78.4 Å². The molecule has 4 nitrogen and oxygen atoms in total. The Morgan fingerprint density at radius 2 is 1.77 bits per heavy atom. The fourth-order valence-electron chi connectivity index (χ4n) is 2.86. The van der Waals surface area contributed by atoms with Crippen molar-refractivity contribution < 1.29 is 4.79 Å². The molecule has 0 radical (unpaired) electrons.